The van der Waals surface area contributed by atoms with Crippen LogP contribution in [0.2, 0.25) is 0 Å². The van der Waals surface area contributed by atoms with E-state index in [9.17, 15) is 4.39 Å². The van der Waals surface area contributed by atoms with E-state index in [1.807, 2.05) is 6.07 Å². The summed E-state index contributed by atoms with van der Waals surface area (Å²) in [5.74, 6) is 0.699. The number of hydrogen-bond donors (Lipinski definition) is 1. The molecule has 2 rings (SSSR count). The quantitative estimate of drug-likeness (QED) is 0.890. The topological polar surface area (TPSA) is 29.3 Å². The maximum atomic E-state index is 13.3. The van der Waals surface area contributed by atoms with Gasteiger partial charge in [-0.25, -0.2) is 4.39 Å². The predicted octanol–water partition coefficient (Wildman–Crippen LogP) is 2.95. The summed E-state index contributed by atoms with van der Waals surface area (Å²) < 4.78 is 13.3. The number of benzene rings is 1. The highest BCUT2D eigenvalue weighted by molar-refractivity contribution is 5.54. The van der Waals surface area contributed by atoms with Crippen molar-refractivity contribution in [1.29, 1.82) is 0 Å². The lowest BCUT2D eigenvalue weighted by Crippen LogP contribution is -2.34. The second-order valence-electron chi connectivity index (χ2n) is 5.15. The number of halogens is 1. The Morgan fingerprint density at radius 3 is 2.67 bits per heavy atom. The molecule has 0 bridgehead atoms. The Morgan fingerprint density at radius 2 is 2.06 bits per heavy atom. The van der Waals surface area contributed by atoms with Gasteiger partial charge >= 0.3 is 0 Å². The SMILES string of the molecule is CCC1CCN(c2ccc(F)cc2CCN)CC1. The molecule has 2 nitrogen and oxygen atoms in total. The minimum atomic E-state index is -0.161. The Kier molecular flexibility index (Phi) is 4.59. The third-order valence-electron chi connectivity index (χ3n) is 3.99. The van der Waals surface area contributed by atoms with Crippen LogP contribution in [0, 0.1) is 11.7 Å². The summed E-state index contributed by atoms with van der Waals surface area (Å²) in [6.45, 7) is 5.00. The minimum absolute atomic E-state index is 0.161. The normalized spacial score (nSPS) is 17.2. The maximum absolute atomic E-state index is 13.3. The van der Waals surface area contributed by atoms with Crippen molar-refractivity contribution in [2.24, 2.45) is 11.7 Å². The largest absolute Gasteiger partial charge is 0.371 e. The van der Waals surface area contributed by atoms with Crippen molar-refractivity contribution < 1.29 is 4.39 Å². The van der Waals surface area contributed by atoms with Gasteiger partial charge in [0.2, 0.25) is 0 Å². The van der Waals surface area contributed by atoms with Gasteiger partial charge in [0.15, 0.2) is 0 Å². The van der Waals surface area contributed by atoms with Crippen molar-refractivity contribution in [3.8, 4) is 0 Å². The van der Waals surface area contributed by atoms with E-state index in [2.05, 4.69) is 11.8 Å². The molecule has 0 spiro atoms. The second-order valence-corrected chi connectivity index (χ2v) is 5.15. The van der Waals surface area contributed by atoms with Crippen LogP contribution in [0.3, 0.4) is 0 Å². The highest BCUT2D eigenvalue weighted by atomic mass is 19.1. The Balaban J connectivity index is 2.13. The average molecular weight is 250 g/mol. The van der Waals surface area contributed by atoms with E-state index >= 15 is 0 Å². The molecule has 3 heteroatoms. The Morgan fingerprint density at radius 1 is 1.33 bits per heavy atom. The zero-order valence-corrected chi connectivity index (χ0v) is 11.2. The number of nitrogens with zero attached hydrogens (tertiary/aromatic N) is 1. The van der Waals surface area contributed by atoms with Crippen LogP contribution in [-0.2, 0) is 6.42 Å². The van der Waals surface area contributed by atoms with Gasteiger partial charge < -0.3 is 10.6 Å². The van der Waals surface area contributed by atoms with Crippen LogP contribution in [0.1, 0.15) is 31.7 Å². The molecule has 0 amide bonds. The van der Waals surface area contributed by atoms with Crippen molar-refractivity contribution in [3.05, 3.63) is 29.6 Å². The maximum Gasteiger partial charge on any atom is 0.123 e. The molecule has 0 radical (unpaired) electrons. The fraction of sp³-hybridized carbons (Fsp3) is 0.600. The minimum Gasteiger partial charge on any atom is -0.371 e. The summed E-state index contributed by atoms with van der Waals surface area (Å²) in [5, 5.41) is 0. The molecule has 1 saturated heterocycles. The van der Waals surface area contributed by atoms with Crippen molar-refractivity contribution in [3.63, 3.8) is 0 Å². The highest BCUT2D eigenvalue weighted by Gasteiger charge is 2.19. The van der Waals surface area contributed by atoms with Crippen LogP contribution in [0.4, 0.5) is 10.1 Å². The molecule has 0 saturated carbocycles. The van der Waals surface area contributed by atoms with Crippen LogP contribution >= 0.6 is 0 Å². The molecule has 1 aromatic carbocycles. The first kappa shape index (κ1) is 13.3. The summed E-state index contributed by atoms with van der Waals surface area (Å²) in [4.78, 5) is 2.39. The van der Waals surface area contributed by atoms with Crippen LogP contribution in [0.15, 0.2) is 18.2 Å². The van der Waals surface area contributed by atoms with Gasteiger partial charge in [0.25, 0.3) is 0 Å². The van der Waals surface area contributed by atoms with Gasteiger partial charge in [-0.1, -0.05) is 13.3 Å². The molecule has 100 valence electrons. The summed E-state index contributed by atoms with van der Waals surface area (Å²) >= 11 is 0. The van der Waals surface area contributed by atoms with Gasteiger partial charge in [-0.15, -0.1) is 0 Å². The lowest BCUT2D eigenvalue weighted by Gasteiger charge is -2.34. The van der Waals surface area contributed by atoms with Gasteiger partial charge in [0, 0.05) is 18.8 Å². The van der Waals surface area contributed by atoms with E-state index in [-0.39, 0.29) is 5.82 Å². The fourth-order valence-corrected chi connectivity index (χ4v) is 2.80. The molecule has 1 heterocycles. The molecule has 0 aromatic heterocycles. The third-order valence-corrected chi connectivity index (χ3v) is 3.99. The number of hydrogen-bond acceptors (Lipinski definition) is 2. The highest BCUT2D eigenvalue weighted by Crippen LogP contribution is 2.28. The van der Waals surface area contributed by atoms with E-state index in [4.69, 9.17) is 5.73 Å². The van der Waals surface area contributed by atoms with E-state index in [1.54, 1.807) is 12.1 Å². The van der Waals surface area contributed by atoms with Crippen LogP contribution in [-0.4, -0.2) is 19.6 Å². The second kappa shape index (κ2) is 6.19. The Hall–Kier alpha value is -1.09. The molecule has 0 unspecified atom stereocenters. The van der Waals surface area contributed by atoms with E-state index < -0.39 is 0 Å². The van der Waals surface area contributed by atoms with E-state index in [0.717, 1.165) is 31.0 Å². The fourth-order valence-electron chi connectivity index (χ4n) is 2.80. The van der Waals surface area contributed by atoms with Gasteiger partial charge in [-0.3, -0.25) is 0 Å². The van der Waals surface area contributed by atoms with Gasteiger partial charge in [-0.05, 0) is 55.5 Å². The number of anilines is 1. The molecule has 1 aliphatic rings. The predicted molar refractivity (Wildman–Crippen MR) is 74.4 cm³/mol. The standard InChI is InChI=1S/C15H23FN2/c1-2-12-6-9-18(10-7-12)15-4-3-14(16)11-13(15)5-8-17/h3-4,11-12H,2,5-10,17H2,1H3. The van der Waals surface area contributed by atoms with Crippen molar-refractivity contribution in [2.75, 3.05) is 24.5 Å². The monoisotopic (exact) mass is 250 g/mol. The Labute approximate surface area is 109 Å². The molecular formula is C15H23FN2. The smallest absolute Gasteiger partial charge is 0.123 e. The molecule has 2 N–H and O–H groups in total. The van der Waals surface area contributed by atoms with Crippen LogP contribution in [0.5, 0.6) is 0 Å². The van der Waals surface area contributed by atoms with Crippen molar-refractivity contribution in [2.45, 2.75) is 32.6 Å². The first-order valence-corrected chi connectivity index (χ1v) is 6.98. The van der Waals surface area contributed by atoms with Gasteiger partial charge in [0.05, 0.1) is 0 Å². The third kappa shape index (κ3) is 3.02. The molecule has 1 fully saturated rings. The zero-order valence-electron chi connectivity index (χ0n) is 11.2. The zero-order chi connectivity index (χ0) is 13.0. The molecule has 0 atom stereocenters. The molecule has 1 aromatic rings. The summed E-state index contributed by atoms with van der Waals surface area (Å²) in [7, 11) is 0. The average Bonchev–Trinajstić information content (AvgIpc) is 2.40. The van der Waals surface area contributed by atoms with Crippen molar-refractivity contribution in [1.82, 2.24) is 0 Å². The molecule has 1 aliphatic heterocycles. The summed E-state index contributed by atoms with van der Waals surface area (Å²) in [5.41, 5.74) is 7.84. The van der Waals surface area contributed by atoms with Gasteiger partial charge in [0.1, 0.15) is 5.82 Å². The lowest BCUT2D eigenvalue weighted by atomic mass is 9.93. The van der Waals surface area contributed by atoms with E-state index in [1.165, 1.54) is 24.9 Å². The number of rotatable bonds is 4. The summed E-state index contributed by atoms with van der Waals surface area (Å²) in [6.07, 6.45) is 4.51. The van der Waals surface area contributed by atoms with Gasteiger partial charge in [-0.2, -0.15) is 0 Å². The van der Waals surface area contributed by atoms with Crippen LogP contribution in [0.25, 0.3) is 0 Å². The molecule has 0 aliphatic carbocycles. The van der Waals surface area contributed by atoms with Crippen molar-refractivity contribution >= 4 is 5.69 Å². The number of piperidine rings is 1. The first-order chi connectivity index (χ1) is 8.74. The Bertz CT molecular complexity index is 384. The van der Waals surface area contributed by atoms with Crippen LogP contribution < -0.4 is 10.6 Å². The number of nitrogens with two attached hydrogens (primary N) is 1. The van der Waals surface area contributed by atoms with E-state index in [0.29, 0.717) is 6.54 Å². The first-order valence-electron chi connectivity index (χ1n) is 6.98. The summed E-state index contributed by atoms with van der Waals surface area (Å²) in [6, 6.07) is 5.10. The molecule has 18 heavy (non-hydrogen) atoms. The lowest BCUT2D eigenvalue weighted by molar-refractivity contribution is 0.394. The molecular weight excluding hydrogens is 227 g/mol.